The molecule has 0 radical (unpaired) electrons. The average molecular weight is 183 g/mol. The maximum absolute atomic E-state index is 3.52. The van der Waals surface area contributed by atoms with Gasteiger partial charge in [0.25, 0.3) is 0 Å². The highest BCUT2D eigenvalue weighted by atomic mass is 32.3. The molecule has 0 unspecified atom stereocenters. The van der Waals surface area contributed by atoms with Crippen molar-refractivity contribution in [2.75, 3.05) is 18.8 Å². The summed E-state index contributed by atoms with van der Waals surface area (Å²) >= 11 is 0. The fraction of sp³-hybridized carbons (Fsp3) is 0.400. The molecule has 1 aromatic rings. The predicted molar refractivity (Wildman–Crippen MR) is 58.6 cm³/mol. The van der Waals surface area contributed by atoms with Crippen molar-refractivity contribution in [3.05, 3.63) is 35.9 Å². The molecule has 0 aliphatic heterocycles. The van der Waals surface area contributed by atoms with Crippen LogP contribution in [0.3, 0.4) is 0 Å². The van der Waals surface area contributed by atoms with Gasteiger partial charge in [0.2, 0.25) is 0 Å². The molecule has 0 bridgehead atoms. The first-order chi connectivity index (χ1) is 5.58. The third-order valence-electron chi connectivity index (χ3n) is 1.55. The van der Waals surface area contributed by atoms with Gasteiger partial charge in [-0.25, -0.2) is 0 Å². The molecule has 0 aliphatic carbocycles. The number of hydrogen-bond acceptors (Lipinski definition) is 1. The molecule has 12 heavy (non-hydrogen) atoms. The van der Waals surface area contributed by atoms with E-state index in [1.807, 2.05) is 6.07 Å². The molecule has 1 nitrogen and oxygen atoms in total. The van der Waals surface area contributed by atoms with E-state index < -0.39 is 10.2 Å². The lowest BCUT2D eigenvalue weighted by molar-refractivity contribution is 0.965. The summed E-state index contributed by atoms with van der Waals surface area (Å²) in [6.07, 6.45) is 6.78. The number of rotatable bonds is 3. The lowest BCUT2D eigenvalue weighted by Crippen LogP contribution is -2.16. The van der Waals surface area contributed by atoms with E-state index in [1.165, 1.54) is 5.56 Å². The van der Waals surface area contributed by atoms with Crippen molar-refractivity contribution in [1.82, 2.24) is 4.72 Å². The van der Waals surface area contributed by atoms with Crippen LogP contribution in [0.25, 0.3) is 0 Å². The summed E-state index contributed by atoms with van der Waals surface area (Å²) in [5, 5.41) is 0. The Labute approximate surface area is 76.6 Å². The topological polar surface area (TPSA) is 12.0 Å². The Bertz CT molecular complexity index is 225. The van der Waals surface area contributed by atoms with E-state index in [0.717, 1.165) is 6.54 Å². The van der Waals surface area contributed by atoms with Crippen molar-refractivity contribution in [3.8, 4) is 0 Å². The van der Waals surface area contributed by atoms with Crippen LogP contribution in [-0.2, 0) is 6.54 Å². The van der Waals surface area contributed by atoms with Gasteiger partial charge in [-0.1, -0.05) is 30.3 Å². The molecule has 0 aliphatic rings. The van der Waals surface area contributed by atoms with Crippen molar-refractivity contribution in [1.29, 1.82) is 0 Å². The maximum atomic E-state index is 3.52. The monoisotopic (exact) mass is 183 g/mol. The zero-order valence-electron chi connectivity index (χ0n) is 8.00. The molecule has 0 amide bonds. The maximum Gasteiger partial charge on any atom is 0.0294 e. The fourth-order valence-electron chi connectivity index (χ4n) is 0.896. The Balaban J connectivity index is 2.44. The molecule has 0 saturated carbocycles. The summed E-state index contributed by atoms with van der Waals surface area (Å²) in [4.78, 5) is 0. The second-order valence-corrected chi connectivity index (χ2v) is 7.61. The van der Waals surface area contributed by atoms with Gasteiger partial charge in [-0.3, -0.25) is 4.72 Å². The van der Waals surface area contributed by atoms with Gasteiger partial charge in [-0.05, 0) is 24.3 Å². The van der Waals surface area contributed by atoms with Crippen LogP contribution in [0.1, 0.15) is 5.56 Å². The van der Waals surface area contributed by atoms with Crippen LogP contribution in [-0.4, -0.2) is 18.8 Å². The van der Waals surface area contributed by atoms with Crippen molar-refractivity contribution < 1.29 is 0 Å². The first-order valence-electron chi connectivity index (χ1n) is 4.05. The van der Waals surface area contributed by atoms with Gasteiger partial charge in [0, 0.05) is 6.54 Å². The van der Waals surface area contributed by atoms with Crippen LogP contribution in [0.4, 0.5) is 0 Å². The summed E-state index contributed by atoms with van der Waals surface area (Å²) in [7, 11) is -0.572. The van der Waals surface area contributed by atoms with Gasteiger partial charge in [0.05, 0.1) is 0 Å². The van der Waals surface area contributed by atoms with Crippen LogP contribution in [0.5, 0.6) is 0 Å². The Morgan fingerprint density at radius 2 is 1.67 bits per heavy atom. The minimum Gasteiger partial charge on any atom is -0.277 e. The molecular weight excluding hydrogens is 166 g/mol. The normalized spacial score (nSPS) is 12.9. The first kappa shape index (κ1) is 9.62. The summed E-state index contributed by atoms with van der Waals surface area (Å²) in [5.41, 5.74) is 1.36. The molecule has 0 fully saturated rings. The van der Waals surface area contributed by atoms with Crippen LogP contribution in [0.15, 0.2) is 30.3 Å². The van der Waals surface area contributed by atoms with E-state index in [2.05, 4.69) is 47.8 Å². The molecule has 0 atom stereocenters. The largest absolute Gasteiger partial charge is 0.277 e. The van der Waals surface area contributed by atoms with E-state index in [1.54, 1.807) is 0 Å². The van der Waals surface area contributed by atoms with Gasteiger partial charge < -0.3 is 0 Å². The van der Waals surface area contributed by atoms with Crippen molar-refractivity contribution >= 4 is 10.2 Å². The minimum atomic E-state index is -0.572. The van der Waals surface area contributed by atoms with E-state index in [9.17, 15) is 0 Å². The fourth-order valence-corrected chi connectivity index (χ4v) is 1.50. The van der Waals surface area contributed by atoms with E-state index in [4.69, 9.17) is 0 Å². The third kappa shape index (κ3) is 3.79. The molecule has 0 spiro atoms. The first-order valence-corrected chi connectivity index (χ1v) is 6.90. The molecule has 0 saturated heterocycles. The van der Waals surface area contributed by atoms with E-state index >= 15 is 0 Å². The van der Waals surface area contributed by atoms with Gasteiger partial charge in [-0.2, -0.15) is 10.2 Å². The second kappa shape index (κ2) is 3.97. The summed E-state index contributed by atoms with van der Waals surface area (Å²) in [6, 6.07) is 10.5. The quantitative estimate of drug-likeness (QED) is 0.758. The predicted octanol–water partition coefficient (Wildman–Crippen LogP) is 2.39. The Morgan fingerprint density at radius 1 is 1.08 bits per heavy atom. The van der Waals surface area contributed by atoms with Crippen LogP contribution >= 0.6 is 10.2 Å². The average Bonchev–Trinajstić information content (AvgIpc) is 2.02. The van der Waals surface area contributed by atoms with Crippen molar-refractivity contribution in [3.63, 3.8) is 0 Å². The van der Waals surface area contributed by atoms with E-state index in [0.29, 0.717) is 0 Å². The number of benzene rings is 1. The highest BCUT2D eigenvalue weighted by molar-refractivity contribution is 8.30. The zero-order valence-corrected chi connectivity index (χ0v) is 8.82. The molecule has 2 heteroatoms. The lowest BCUT2D eigenvalue weighted by atomic mass is 10.2. The molecule has 0 heterocycles. The highest BCUT2D eigenvalue weighted by Crippen LogP contribution is 2.28. The SMILES string of the molecule is CS(C)(C)NCc1ccccc1. The minimum absolute atomic E-state index is 0.572. The number of hydrogen-bond donors (Lipinski definition) is 1. The summed E-state index contributed by atoms with van der Waals surface area (Å²) in [5.74, 6) is 0. The molecule has 68 valence electrons. The van der Waals surface area contributed by atoms with Gasteiger partial charge in [-0.15, -0.1) is 0 Å². The lowest BCUT2D eigenvalue weighted by Gasteiger charge is -2.26. The van der Waals surface area contributed by atoms with Crippen molar-refractivity contribution in [2.45, 2.75) is 6.54 Å². The molecule has 1 rings (SSSR count). The second-order valence-electron chi connectivity index (χ2n) is 3.64. The Kier molecular flexibility index (Phi) is 3.18. The Morgan fingerprint density at radius 3 is 2.17 bits per heavy atom. The van der Waals surface area contributed by atoms with Crippen LogP contribution in [0, 0.1) is 0 Å². The molecule has 0 aromatic heterocycles. The smallest absolute Gasteiger partial charge is 0.0294 e. The highest BCUT2D eigenvalue weighted by Gasteiger charge is 2.01. The zero-order chi connectivity index (χ0) is 9.03. The molecule has 1 N–H and O–H groups in total. The van der Waals surface area contributed by atoms with Gasteiger partial charge >= 0.3 is 0 Å². The van der Waals surface area contributed by atoms with Gasteiger partial charge in [0.15, 0.2) is 0 Å². The molecule has 1 aromatic carbocycles. The summed E-state index contributed by atoms with van der Waals surface area (Å²) < 4.78 is 3.52. The van der Waals surface area contributed by atoms with Crippen LogP contribution < -0.4 is 4.72 Å². The standard InChI is InChI=1S/C10H17NS/c1-12(2,3)11-9-10-7-5-4-6-8-10/h4-8,11H,9H2,1-3H3. The summed E-state index contributed by atoms with van der Waals surface area (Å²) in [6.45, 7) is 0.986. The van der Waals surface area contributed by atoms with Crippen LogP contribution in [0.2, 0.25) is 0 Å². The van der Waals surface area contributed by atoms with Gasteiger partial charge in [0.1, 0.15) is 0 Å². The van der Waals surface area contributed by atoms with Crippen molar-refractivity contribution in [2.24, 2.45) is 0 Å². The molecular formula is C10H17NS. The number of nitrogens with one attached hydrogen (secondary N) is 1. The Hall–Kier alpha value is -0.470. The third-order valence-corrected chi connectivity index (χ3v) is 2.56. The van der Waals surface area contributed by atoms with E-state index in [-0.39, 0.29) is 0 Å².